The summed E-state index contributed by atoms with van der Waals surface area (Å²) < 4.78 is 7.66. The maximum Gasteiger partial charge on any atom is 0.276 e. The normalized spacial score (nSPS) is 17.1. The number of anilines is 1. The van der Waals surface area contributed by atoms with Gasteiger partial charge < -0.3 is 25.1 Å². The van der Waals surface area contributed by atoms with Gasteiger partial charge in [-0.2, -0.15) is 0 Å². The fraction of sp³-hybridized carbons (Fsp3) is 0.118. The van der Waals surface area contributed by atoms with Crippen molar-refractivity contribution in [1.82, 2.24) is 25.2 Å². The van der Waals surface area contributed by atoms with Crippen LogP contribution in [0, 0.1) is 0 Å². The van der Waals surface area contributed by atoms with Gasteiger partial charge in [-0.3, -0.25) is 9.59 Å². The molecule has 8 aromatic rings. The van der Waals surface area contributed by atoms with Crippen LogP contribution in [0.25, 0.3) is 15.9 Å². The van der Waals surface area contributed by atoms with Crippen LogP contribution in [0.3, 0.4) is 0 Å². The largest absolute Gasteiger partial charge is 0.472 e. The van der Waals surface area contributed by atoms with Gasteiger partial charge in [-0.25, -0.2) is 15.0 Å². The zero-order valence-electron chi connectivity index (χ0n) is 35.1. The summed E-state index contributed by atoms with van der Waals surface area (Å²) in [6, 6.07) is 52.3. The van der Waals surface area contributed by atoms with Crippen LogP contribution >= 0.6 is 46.7 Å². The molecule has 0 aliphatic carbocycles. The van der Waals surface area contributed by atoms with E-state index in [-0.39, 0.29) is 22.4 Å². The number of nitrogens with one attached hydrogen (secondary N) is 2. The number of pyridine rings is 1. The summed E-state index contributed by atoms with van der Waals surface area (Å²) in [6.45, 7) is 0. The molecule has 0 radical (unpaired) electrons. The summed E-state index contributed by atoms with van der Waals surface area (Å²) in [4.78, 5) is 50.0. The van der Waals surface area contributed by atoms with Crippen molar-refractivity contribution in [2.75, 3.05) is 12.4 Å². The number of benzene rings is 5. The van der Waals surface area contributed by atoms with Crippen molar-refractivity contribution < 1.29 is 19.2 Å². The number of β-lactam (4-membered cyclic amide) rings is 1. The fourth-order valence-electron chi connectivity index (χ4n) is 8.35. The van der Waals surface area contributed by atoms with E-state index in [9.17, 15) is 9.59 Å². The summed E-state index contributed by atoms with van der Waals surface area (Å²) >= 11 is 10.4. The van der Waals surface area contributed by atoms with Crippen LogP contribution in [0.5, 0.6) is 0 Å². The van der Waals surface area contributed by atoms with Crippen LogP contribution in [0.4, 0.5) is 5.13 Å². The van der Waals surface area contributed by atoms with Crippen molar-refractivity contribution in [3.8, 4) is 0 Å². The number of ether oxygens (including phenoxy) is 1. The molecule has 2 amide bonds. The van der Waals surface area contributed by atoms with E-state index in [0.717, 1.165) is 32.5 Å². The summed E-state index contributed by atoms with van der Waals surface area (Å²) in [6.07, 6.45) is 1.15. The molecule has 2 aliphatic heterocycles. The Balaban J connectivity index is 0.941. The van der Waals surface area contributed by atoms with Gasteiger partial charge in [0.2, 0.25) is 5.91 Å². The van der Waals surface area contributed by atoms with Gasteiger partial charge in [0.05, 0.1) is 4.70 Å². The van der Waals surface area contributed by atoms with Crippen molar-refractivity contribution >= 4 is 90.3 Å². The molecule has 1 fully saturated rings. The molecule has 0 spiro atoms. The quantitative estimate of drug-likeness (QED) is 0.0357. The molecular formula is C51H39N7O4S4. The Morgan fingerprint density at radius 2 is 1.36 bits per heavy atom. The second-order valence-corrected chi connectivity index (χ2v) is 18.6. The third kappa shape index (κ3) is 8.15. The van der Waals surface area contributed by atoms with E-state index in [1.165, 1.54) is 41.5 Å². The van der Waals surface area contributed by atoms with Crippen LogP contribution in [-0.2, 0) is 24.7 Å². The highest BCUT2D eigenvalue weighted by Gasteiger charge is 2.56. The summed E-state index contributed by atoms with van der Waals surface area (Å²) in [5, 5.41) is 15.4. The highest BCUT2D eigenvalue weighted by atomic mass is 32.2. The molecule has 2 N–H and O–H groups in total. The lowest BCUT2D eigenvalue weighted by Crippen LogP contribution is -2.74. The van der Waals surface area contributed by atoms with Crippen molar-refractivity contribution in [3.63, 3.8) is 0 Å². The van der Waals surface area contributed by atoms with Crippen molar-refractivity contribution in [2.45, 2.75) is 29.1 Å². The first-order valence-corrected chi connectivity index (χ1v) is 24.0. The van der Waals surface area contributed by atoms with Crippen LogP contribution in [-0.4, -0.2) is 67.0 Å². The lowest BCUT2D eigenvalue weighted by Gasteiger charge is -2.52. The molecule has 5 heterocycles. The topological polar surface area (TPSA) is 131 Å². The predicted molar refractivity (Wildman–Crippen MR) is 266 cm³/mol. The van der Waals surface area contributed by atoms with E-state index in [1.54, 1.807) is 16.5 Å². The van der Waals surface area contributed by atoms with Gasteiger partial charge in [0.15, 0.2) is 21.5 Å². The maximum absolute atomic E-state index is 14.5. The minimum atomic E-state index is -0.929. The molecular weight excluding hydrogens is 903 g/mol. The summed E-state index contributed by atoms with van der Waals surface area (Å²) in [5.74, 6) is -0.961. The van der Waals surface area contributed by atoms with Gasteiger partial charge >= 0.3 is 0 Å². The Kier molecular flexibility index (Phi) is 12.2. The van der Waals surface area contributed by atoms with Gasteiger partial charge in [0.1, 0.15) is 46.9 Å². The van der Waals surface area contributed by atoms with Gasteiger partial charge in [-0.15, -0.1) is 34.4 Å². The SMILES string of the molecule is CO/N=C(\C(=O)NC1C(=O)N2C(C(=S)OC(c3ccccc3)c3ccccc3)C(c3nc4ncccc4s3)=CS[C@H]12)c1csc(NC(c2ccccc2)(c2ccccc2)c2ccccc2)n1. The molecule has 15 heteroatoms. The van der Waals surface area contributed by atoms with Crippen LogP contribution in [0.15, 0.2) is 186 Å². The van der Waals surface area contributed by atoms with Gasteiger partial charge in [0.25, 0.3) is 5.91 Å². The zero-order chi connectivity index (χ0) is 45.0. The van der Waals surface area contributed by atoms with E-state index >= 15 is 0 Å². The van der Waals surface area contributed by atoms with E-state index in [2.05, 4.69) is 57.2 Å². The number of thioether (sulfide) groups is 1. The molecule has 326 valence electrons. The molecule has 1 saturated heterocycles. The van der Waals surface area contributed by atoms with E-state index in [4.69, 9.17) is 31.8 Å². The Morgan fingerprint density at radius 3 is 1.92 bits per heavy atom. The molecule has 0 bridgehead atoms. The van der Waals surface area contributed by atoms with Gasteiger partial charge in [-0.1, -0.05) is 157 Å². The number of oxime groups is 1. The molecule has 3 aromatic heterocycles. The van der Waals surface area contributed by atoms with Crippen molar-refractivity contribution in [3.05, 3.63) is 219 Å². The molecule has 5 aromatic carbocycles. The molecule has 2 aliphatic rings. The van der Waals surface area contributed by atoms with Gasteiger partial charge in [0, 0.05) is 17.2 Å². The average Bonchev–Trinajstić information content (AvgIpc) is 4.04. The molecule has 3 atom stereocenters. The average molecular weight is 942 g/mol. The molecule has 11 nitrogen and oxygen atoms in total. The van der Waals surface area contributed by atoms with E-state index in [1.807, 2.05) is 133 Å². The number of thiazole rings is 2. The third-order valence-corrected chi connectivity index (χ3v) is 14.7. The van der Waals surface area contributed by atoms with Crippen LogP contribution < -0.4 is 10.6 Å². The molecule has 10 rings (SSSR count). The molecule has 0 saturated carbocycles. The fourth-order valence-corrected chi connectivity index (χ4v) is 11.7. The summed E-state index contributed by atoms with van der Waals surface area (Å²) in [7, 11) is 1.37. The Bertz CT molecular complexity index is 2910. The lowest BCUT2D eigenvalue weighted by atomic mass is 9.77. The monoisotopic (exact) mass is 941 g/mol. The van der Waals surface area contributed by atoms with Crippen LogP contribution in [0.1, 0.15) is 44.6 Å². The number of nitrogens with zero attached hydrogens (tertiary/aromatic N) is 5. The minimum Gasteiger partial charge on any atom is -0.472 e. The van der Waals surface area contributed by atoms with Crippen molar-refractivity contribution in [2.24, 2.45) is 5.16 Å². The second-order valence-electron chi connectivity index (χ2n) is 15.3. The van der Waals surface area contributed by atoms with Crippen molar-refractivity contribution in [1.29, 1.82) is 0 Å². The zero-order valence-corrected chi connectivity index (χ0v) is 38.4. The number of carbonyl (C=O) groups excluding carboxylic acids is 2. The summed E-state index contributed by atoms with van der Waals surface area (Å²) in [5.41, 5.74) is 5.44. The number of thiocarbonyl (C=S) groups is 1. The number of aromatic nitrogens is 3. The first kappa shape index (κ1) is 42.9. The standard InChI is InChI=1S/C51H39N7O4S4/c1-61-57-40(38-31-65-50(53-38)56-51(34-22-11-4-12-23-34,35-24-13-5-14-25-35)36-26-15-6-16-27-36)45(59)54-41-47(60)58-42(37(30-64-48(41)58)46-55-44-39(66-46)28-17-29-52-44)49(63)62-43(32-18-7-2-8-19-32)33-20-9-3-10-21-33/h2-31,41-43,48H,1H3,(H,53,56)(H,54,59)/b57-40-/t41?,42?,48-/m1/s1. The minimum absolute atomic E-state index is 0.0826. The van der Waals surface area contributed by atoms with E-state index < -0.39 is 35.0 Å². The third-order valence-electron chi connectivity index (χ3n) is 11.4. The number of rotatable bonds is 14. The van der Waals surface area contributed by atoms with E-state index in [0.29, 0.717) is 21.4 Å². The highest BCUT2D eigenvalue weighted by Crippen LogP contribution is 2.46. The number of hydrogen-bond acceptors (Lipinski definition) is 13. The second kappa shape index (κ2) is 18.8. The van der Waals surface area contributed by atoms with Crippen LogP contribution in [0.2, 0.25) is 0 Å². The Hall–Kier alpha value is -7.04. The Morgan fingerprint density at radius 1 is 0.788 bits per heavy atom. The number of carbonyl (C=O) groups is 2. The maximum atomic E-state index is 14.5. The smallest absolute Gasteiger partial charge is 0.276 e. The lowest BCUT2D eigenvalue weighted by molar-refractivity contribution is -0.148. The Labute approximate surface area is 398 Å². The number of hydrogen-bond donors (Lipinski definition) is 2. The predicted octanol–water partition coefficient (Wildman–Crippen LogP) is 9.85. The number of amides is 2. The molecule has 2 unspecified atom stereocenters. The first-order chi connectivity index (χ1) is 32.4. The van der Waals surface area contributed by atoms with Gasteiger partial charge in [-0.05, 0) is 57.6 Å². The highest BCUT2D eigenvalue weighted by molar-refractivity contribution is 8.03. The first-order valence-electron chi connectivity index (χ1n) is 21.0. The number of fused-ring (bicyclic) bond motifs is 2. The molecule has 66 heavy (non-hydrogen) atoms.